The standard InChI is InChI=1S/C18H21NO5/c1-12(18(21)19-14-5-6-14)24-17(20)8-4-13-3-7-15-16(11-13)23-10-2-9-22-15/h3-4,7-8,11-12,14H,2,5-6,9-10H2,1H3,(H,19,21)/b8-4+/t12-/m0/s1. The summed E-state index contributed by atoms with van der Waals surface area (Å²) in [5, 5.41) is 2.80. The van der Waals surface area contributed by atoms with Crippen LogP contribution in [0.4, 0.5) is 0 Å². The van der Waals surface area contributed by atoms with Crippen molar-refractivity contribution in [3.8, 4) is 11.5 Å². The SMILES string of the molecule is C[C@H](OC(=O)/C=C/c1ccc2c(c1)OCCCO2)C(=O)NC1CC1. The zero-order chi connectivity index (χ0) is 16.9. The van der Waals surface area contributed by atoms with Crippen LogP contribution in [0.15, 0.2) is 24.3 Å². The number of nitrogens with one attached hydrogen (secondary N) is 1. The van der Waals surface area contributed by atoms with E-state index < -0.39 is 12.1 Å². The number of fused-ring (bicyclic) bond motifs is 1. The molecule has 0 aromatic heterocycles. The molecule has 1 N–H and O–H groups in total. The predicted molar refractivity (Wildman–Crippen MR) is 87.8 cm³/mol. The fourth-order valence-electron chi connectivity index (χ4n) is 2.26. The largest absolute Gasteiger partial charge is 0.490 e. The summed E-state index contributed by atoms with van der Waals surface area (Å²) in [6, 6.07) is 5.71. The second kappa shape index (κ2) is 7.38. The lowest BCUT2D eigenvalue weighted by molar-refractivity contribution is -0.150. The molecule has 0 saturated heterocycles. The highest BCUT2D eigenvalue weighted by Crippen LogP contribution is 2.30. The van der Waals surface area contributed by atoms with Gasteiger partial charge >= 0.3 is 5.97 Å². The van der Waals surface area contributed by atoms with Crippen LogP contribution in [0.5, 0.6) is 11.5 Å². The Morgan fingerprint density at radius 1 is 1.25 bits per heavy atom. The number of benzene rings is 1. The third-order valence-corrected chi connectivity index (χ3v) is 3.77. The number of carbonyl (C=O) groups excluding carboxylic acids is 2. The summed E-state index contributed by atoms with van der Waals surface area (Å²) in [5.41, 5.74) is 0.797. The van der Waals surface area contributed by atoms with E-state index in [0.717, 1.165) is 24.8 Å². The number of hydrogen-bond acceptors (Lipinski definition) is 5. The first kappa shape index (κ1) is 16.4. The summed E-state index contributed by atoms with van der Waals surface area (Å²) >= 11 is 0. The van der Waals surface area contributed by atoms with Gasteiger partial charge in [0.25, 0.3) is 5.91 Å². The Bertz CT molecular complexity index is 651. The molecule has 1 amide bonds. The third kappa shape index (κ3) is 4.50. The lowest BCUT2D eigenvalue weighted by atomic mass is 10.2. The molecule has 24 heavy (non-hydrogen) atoms. The predicted octanol–water partition coefficient (Wildman–Crippen LogP) is 2.07. The Balaban J connectivity index is 1.55. The molecule has 6 nitrogen and oxygen atoms in total. The average Bonchev–Trinajstić information content (AvgIpc) is 3.39. The van der Waals surface area contributed by atoms with E-state index in [1.54, 1.807) is 13.0 Å². The molecule has 1 atom stereocenters. The van der Waals surface area contributed by atoms with E-state index in [2.05, 4.69) is 5.32 Å². The fraction of sp³-hybridized carbons (Fsp3) is 0.444. The minimum Gasteiger partial charge on any atom is -0.490 e. The van der Waals surface area contributed by atoms with E-state index in [4.69, 9.17) is 14.2 Å². The molecule has 1 heterocycles. The zero-order valence-electron chi connectivity index (χ0n) is 13.6. The maximum absolute atomic E-state index is 11.8. The summed E-state index contributed by atoms with van der Waals surface area (Å²) in [5.74, 6) is 0.563. The normalized spacial score (nSPS) is 17.9. The van der Waals surface area contributed by atoms with Crippen molar-refractivity contribution >= 4 is 18.0 Å². The lowest BCUT2D eigenvalue weighted by Crippen LogP contribution is -2.36. The van der Waals surface area contributed by atoms with Gasteiger partial charge in [0.05, 0.1) is 13.2 Å². The highest BCUT2D eigenvalue weighted by molar-refractivity contribution is 5.90. The number of hydrogen-bond donors (Lipinski definition) is 1. The molecule has 1 aromatic rings. The van der Waals surface area contributed by atoms with Crippen LogP contribution < -0.4 is 14.8 Å². The van der Waals surface area contributed by atoms with Crippen LogP contribution in [0.3, 0.4) is 0 Å². The molecule has 1 aromatic carbocycles. The maximum atomic E-state index is 11.8. The van der Waals surface area contributed by atoms with Crippen LogP contribution in [0.25, 0.3) is 6.08 Å². The van der Waals surface area contributed by atoms with Crippen LogP contribution in [0, 0.1) is 0 Å². The molecule has 0 spiro atoms. The minimum atomic E-state index is -0.800. The Hall–Kier alpha value is -2.50. The average molecular weight is 331 g/mol. The summed E-state index contributed by atoms with van der Waals surface area (Å²) in [7, 11) is 0. The van der Waals surface area contributed by atoms with Gasteiger partial charge in [0.2, 0.25) is 0 Å². The molecule has 0 bridgehead atoms. The zero-order valence-corrected chi connectivity index (χ0v) is 13.6. The molecule has 0 unspecified atom stereocenters. The summed E-state index contributed by atoms with van der Waals surface area (Å²) in [6.45, 7) is 2.81. The first-order valence-corrected chi connectivity index (χ1v) is 8.20. The van der Waals surface area contributed by atoms with Crippen molar-refractivity contribution in [3.05, 3.63) is 29.8 Å². The number of ether oxygens (including phenoxy) is 3. The van der Waals surface area contributed by atoms with Crippen LogP contribution >= 0.6 is 0 Å². The van der Waals surface area contributed by atoms with E-state index in [1.807, 2.05) is 18.2 Å². The fourth-order valence-corrected chi connectivity index (χ4v) is 2.26. The minimum absolute atomic E-state index is 0.246. The van der Waals surface area contributed by atoms with Crippen molar-refractivity contribution in [3.63, 3.8) is 0 Å². The first-order chi connectivity index (χ1) is 11.6. The van der Waals surface area contributed by atoms with Gasteiger partial charge < -0.3 is 19.5 Å². The van der Waals surface area contributed by atoms with E-state index in [-0.39, 0.29) is 11.9 Å². The van der Waals surface area contributed by atoms with Crippen molar-refractivity contribution < 1.29 is 23.8 Å². The van der Waals surface area contributed by atoms with Gasteiger partial charge in [0.15, 0.2) is 17.6 Å². The van der Waals surface area contributed by atoms with Crippen molar-refractivity contribution in [1.29, 1.82) is 0 Å². The molecule has 1 fully saturated rings. The third-order valence-electron chi connectivity index (χ3n) is 3.77. The number of carbonyl (C=O) groups is 2. The van der Waals surface area contributed by atoms with Gasteiger partial charge in [-0.3, -0.25) is 4.79 Å². The Kier molecular flexibility index (Phi) is 5.03. The van der Waals surface area contributed by atoms with Gasteiger partial charge in [-0.05, 0) is 43.5 Å². The van der Waals surface area contributed by atoms with Crippen LogP contribution in [-0.2, 0) is 14.3 Å². The molecule has 1 aliphatic heterocycles. The van der Waals surface area contributed by atoms with E-state index in [0.29, 0.717) is 24.7 Å². The molecule has 2 aliphatic rings. The van der Waals surface area contributed by atoms with Gasteiger partial charge in [-0.2, -0.15) is 0 Å². The summed E-state index contributed by atoms with van der Waals surface area (Å²) in [6.07, 6.45) is 4.97. The quantitative estimate of drug-likeness (QED) is 0.660. The van der Waals surface area contributed by atoms with Gasteiger partial charge in [0, 0.05) is 18.5 Å². The smallest absolute Gasteiger partial charge is 0.331 e. The summed E-state index contributed by atoms with van der Waals surface area (Å²) in [4.78, 5) is 23.6. The molecule has 1 saturated carbocycles. The second-order valence-electron chi connectivity index (χ2n) is 5.95. The lowest BCUT2D eigenvalue weighted by Gasteiger charge is -2.11. The summed E-state index contributed by atoms with van der Waals surface area (Å²) < 4.78 is 16.3. The second-order valence-corrected chi connectivity index (χ2v) is 5.95. The van der Waals surface area contributed by atoms with Crippen LogP contribution in [0.2, 0.25) is 0 Å². The van der Waals surface area contributed by atoms with Crippen molar-refractivity contribution in [2.75, 3.05) is 13.2 Å². The topological polar surface area (TPSA) is 73.9 Å². The highest BCUT2D eigenvalue weighted by Gasteiger charge is 2.26. The van der Waals surface area contributed by atoms with Gasteiger partial charge in [-0.1, -0.05) is 6.07 Å². The Morgan fingerprint density at radius 2 is 2.00 bits per heavy atom. The number of amides is 1. The van der Waals surface area contributed by atoms with Crippen molar-refractivity contribution in [2.45, 2.75) is 38.3 Å². The molecular formula is C18H21NO5. The van der Waals surface area contributed by atoms with Gasteiger partial charge in [0.1, 0.15) is 0 Å². The molecule has 3 rings (SSSR count). The highest BCUT2D eigenvalue weighted by atomic mass is 16.5. The first-order valence-electron chi connectivity index (χ1n) is 8.20. The number of esters is 1. The van der Waals surface area contributed by atoms with E-state index in [1.165, 1.54) is 6.08 Å². The van der Waals surface area contributed by atoms with Crippen molar-refractivity contribution in [2.24, 2.45) is 0 Å². The molecule has 6 heteroatoms. The van der Waals surface area contributed by atoms with Crippen LogP contribution in [0.1, 0.15) is 31.7 Å². The monoisotopic (exact) mass is 331 g/mol. The molecule has 1 aliphatic carbocycles. The maximum Gasteiger partial charge on any atom is 0.331 e. The number of rotatable bonds is 5. The van der Waals surface area contributed by atoms with Gasteiger partial charge in [-0.25, -0.2) is 4.79 Å². The van der Waals surface area contributed by atoms with E-state index in [9.17, 15) is 9.59 Å². The van der Waals surface area contributed by atoms with Crippen LogP contribution in [-0.4, -0.2) is 37.2 Å². The van der Waals surface area contributed by atoms with E-state index >= 15 is 0 Å². The molecule has 128 valence electrons. The Labute approximate surface area is 140 Å². The van der Waals surface area contributed by atoms with Crippen molar-refractivity contribution in [1.82, 2.24) is 5.32 Å². The molecule has 0 radical (unpaired) electrons. The molecular weight excluding hydrogens is 310 g/mol. The Morgan fingerprint density at radius 3 is 2.75 bits per heavy atom. The van der Waals surface area contributed by atoms with Gasteiger partial charge in [-0.15, -0.1) is 0 Å².